The van der Waals surface area contributed by atoms with Crippen LogP contribution < -0.4 is 0 Å². The highest BCUT2D eigenvalue weighted by Gasteiger charge is 2.22. The first-order valence-electron chi connectivity index (χ1n) is 14.6. The van der Waals surface area contributed by atoms with Gasteiger partial charge in [-0.25, -0.2) is 9.37 Å². The van der Waals surface area contributed by atoms with E-state index < -0.39 is 5.82 Å². The molecule has 2 aliphatic rings. The largest absolute Gasteiger partial charge is 0.440 e. The number of hydrogen-bond donors (Lipinski definition) is 0. The molecule has 2 fully saturated rings. The van der Waals surface area contributed by atoms with Crippen molar-refractivity contribution in [1.82, 2.24) is 19.7 Å². The fraction of sp³-hybridized carbons (Fsp3) is 0.394. The topological polar surface area (TPSA) is 62.0 Å². The normalized spacial score (nSPS) is 16.9. The number of para-hydroxylation sites is 1. The quantitative estimate of drug-likeness (QED) is 0.314. The molecule has 0 spiro atoms. The average molecular weight is 557 g/mol. The molecule has 2 saturated heterocycles. The molecule has 3 heterocycles. The average Bonchev–Trinajstić information content (AvgIpc) is 3.41. The van der Waals surface area contributed by atoms with E-state index in [1.54, 1.807) is 17.0 Å². The number of nitrogens with zero attached hydrogens (tertiary/aromatic N) is 4. The van der Waals surface area contributed by atoms with Gasteiger partial charge in [0.25, 0.3) is 5.91 Å². The number of piperazine rings is 1. The molecule has 0 atom stereocenters. The number of aryl methyl sites for hydroxylation is 1. The number of carbonyl (C=O) groups excluding carboxylic acids is 1. The van der Waals surface area contributed by atoms with E-state index in [1.807, 2.05) is 18.2 Å². The molecule has 0 radical (unpaired) electrons. The molecular formula is C33H37FN4O3. The second kappa shape index (κ2) is 12.1. The molecule has 4 aromatic rings. The minimum atomic E-state index is -0.543. The Bertz CT molecular complexity index is 1540. The van der Waals surface area contributed by atoms with Gasteiger partial charge in [-0.1, -0.05) is 43.3 Å². The van der Waals surface area contributed by atoms with Crippen molar-refractivity contribution in [1.29, 1.82) is 0 Å². The summed E-state index contributed by atoms with van der Waals surface area (Å²) in [6.45, 7) is 12.9. The maximum atomic E-state index is 15.2. The van der Waals surface area contributed by atoms with Crippen LogP contribution in [0, 0.1) is 12.7 Å². The molecule has 41 heavy (non-hydrogen) atoms. The molecule has 214 valence electrons. The van der Waals surface area contributed by atoms with E-state index in [4.69, 9.17) is 14.1 Å². The number of morpholine rings is 1. The SMILES string of the molecule is CCN1CCN(Cc2ccc(Cc3nc4cccc(-c5ccc(C(=O)N6CCOCC6)c(F)c5)c4o3)cc2C)CC1. The Morgan fingerprint density at radius 2 is 1.73 bits per heavy atom. The van der Waals surface area contributed by atoms with Gasteiger partial charge in [-0.15, -0.1) is 0 Å². The Labute approximate surface area is 240 Å². The highest BCUT2D eigenvalue weighted by atomic mass is 19.1. The number of amides is 1. The number of fused-ring (bicyclic) bond motifs is 1. The van der Waals surface area contributed by atoms with Crippen molar-refractivity contribution in [2.75, 3.05) is 59.0 Å². The molecule has 1 aromatic heterocycles. The van der Waals surface area contributed by atoms with Crippen LogP contribution in [0.3, 0.4) is 0 Å². The van der Waals surface area contributed by atoms with E-state index >= 15 is 4.39 Å². The maximum Gasteiger partial charge on any atom is 0.256 e. The van der Waals surface area contributed by atoms with E-state index in [2.05, 4.69) is 41.8 Å². The Kier molecular flexibility index (Phi) is 8.14. The second-order valence-electron chi connectivity index (χ2n) is 11.0. The van der Waals surface area contributed by atoms with Crippen LogP contribution in [-0.4, -0.2) is 84.6 Å². The van der Waals surface area contributed by atoms with Crippen LogP contribution in [0.2, 0.25) is 0 Å². The predicted molar refractivity (Wildman–Crippen MR) is 158 cm³/mol. The van der Waals surface area contributed by atoms with Crippen LogP contribution in [0.1, 0.15) is 39.9 Å². The lowest BCUT2D eigenvalue weighted by Gasteiger charge is -2.34. The molecule has 0 aliphatic carbocycles. The first-order chi connectivity index (χ1) is 20.0. The third-order valence-electron chi connectivity index (χ3n) is 8.34. The van der Waals surface area contributed by atoms with Crippen LogP contribution in [-0.2, 0) is 17.7 Å². The summed E-state index contributed by atoms with van der Waals surface area (Å²) in [7, 11) is 0. The number of ether oxygens (including phenoxy) is 1. The molecule has 8 heteroatoms. The van der Waals surface area contributed by atoms with Gasteiger partial charge in [-0.2, -0.15) is 0 Å². The van der Waals surface area contributed by atoms with Gasteiger partial charge in [0.15, 0.2) is 11.5 Å². The van der Waals surface area contributed by atoms with Gasteiger partial charge in [0.05, 0.1) is 18.8 Å². The minimum absolute atomic E-state index is 0.0723. The van der Waals surface area contributed by atoms with Gasteiger partial charge >= 0.3 is 0 Å². The molecule has 7 nitrogen and oxygen atoms in total. The molecule has 1 amide bonds. The number of likely N-dealkylation sites (N-methyl/N-ethyl adjacent to an activating group) is 1. The second-order valence-corrected chi connectivity index (χ2v) is 11.0. The van der Waals surface area contributed by atoms with Crippen molar-refractivity contribution < 1.29 is 18.3 Å². The summed E-state index contributed by atoms with van der Waals surface area (Å²) < 4.78 is 26.7. The summed E-state index contributed by atoms with van der Waals surface area (Å²) in [5.74, 6) is -0.230. The first kappa shape index (κ1) is 27.6. The third-order valence-corrected chi connectivity index (χ3v) is 8.34. The summed E-state index contributed by atoms with van der Waals surface area (Å²) >= 11 is 0. The van der Waals surface area contributed by atoms with Crippen LogP contribution >= 0.6 is 0 Å². The molecule has 2 aliphatic heterocycles. The van der Waals surface area contributed by atoms with Crippen molar-refractivity contribution in [3.05, 3.63) is 88.6 Å². The van der Waals surface area contributed by atoms with Gasteiger partial charge < -0.3 is 19.0 Å². The number of aromatic nitrogens is 1. The smallest absolute Gasteiger partial charge is 0.256 e. The Hall–Kier alpha value is -3.59. The molecule has 3 aromatic carbocycles. The van der Waals surface area contributed by atoms with Crippen molar-refractivity contribution in [3.8, 4) is 11.1 Å². The molecule has 0 saturated carbocycles. The summed E-state index contributed by atoms with van der Waals surface area (Å²) in [6.07, 6.45) is 0.575. The maximum absolute atomic E-state index is 15.2. The Morgan fingerprint density at radius 3 is 2.46 bits per heavy atom. The standard InChI is InChI=1S/C33H37FN4O3/c1-3-36-11-13-37(14-12-36)22-26-8-7-24(19-23(26)2)20-31-35-30-6-4-5-27(32(30)41-31)25-9-10-28(29(34)21-25)33(39)38-15-17-40-18-16-38/h4-10,19,21H,3,11-18,20,22H2,1-2H3. The Balaban J connectivity index is 1.18. The monoisotopic (exact) mass is 556 g/mol. The number of oxazole rings is 1. The van der Waals surface area contributed by atoms with Crippen molar-refractivity contribution in [2.24, 2.45) is 0 Å². The predicted octanol–water partition coefficient (Wildman–Crippen LogP) is 5.14. The lowest BCUT2D eigenvalue weighted by molar-refractivity contribution is 0.0300. The van der Waals surface area contributed by atoms with Crippen LogP contribution in [0.4, 0.5) is 4.39 Å². The number of rotatable bonds is 7. The zero-order chi connectivity index (χ0) is 28.3. The number of hydrogen-bond acceptors (Lipinski definition) is 6. The van der Waals surface area contributed by atoms with Crippen molar-refractivity contribution >= 4 is 17.0 Å². The van der Waals surface area contributed by atoms with Gasteiger partial charge in [-0.05, 0) is 53.9 Å². The summed E-state index contributed by atoms with van der Waals surface area (Å²) in [4.78, 5) is 24.2. The summed E-state index contributed by atoms with van der Waals surface area (Å²) in [5.41, 5.74) is 6.60. The fourth-order valence-corrected chi connectivity index (χ4v) is 5.82. The van der Waals surface area contributed by atoms with E-state index in [0.29, 0.717) is 49.8 Å². The van der Waals surface area contributed by atoms with Gasteiger partial charge in [0, 0.05) is 57.8 Å². The number of benzene rings is 3. The molecule has 0 unspecified atom stereocenters. The molecular weight excluding hydrogens is 519 g/mol. The van der Waals surface area contributed by atoms with Crippen LogP contribution in [0.25, 0.3) is 22.2 Å². The summed E-state index contributed by atoms with van der Waals surface area (Å²) in [6, 6.07) is 17.1. The van der Waals surface area contributed by atoms with E-state index in [-0.39, 0.29) is 11.5 Å². The third kappa shape index (κ3) is 6.05. The van der Waals surface area contributed by atoms with Gasteiger partial charge in [-0.3, -0.25) is 9.69 Å². The van der Waals surface area contributed by atoms with Crippen LogP contribution in [0.5, 0.6) is 0 Å². The first-order valence-corrected chi connectivity index (χ1v) is 14.6. The van der Waals surface area contributed by atoms with Crippen molar-refractivity contribution in [3.63, 3.8) is 0 Å². The fourth-order valence-electron chi connectivity index (χ4n) is 5.82. The van der Waals surface area contributed by atoms with E-state index in [1.165, 1.54) is 17.2 Å². The lowest BCUT2D eigenvalue weighted by atomic mass is 10.0. The minimum Gasteiger partial charge on any atom is -0.440 e. The van der Waals surface area contributed by atoms with Gasteiger partial charge in [0.2, 0.25) is 0 Å². The van der Waals surface area contributed by atoms with E-state index in [9.17, 15) is 4.79 Å². The molecule has 6 rings (SSSR count). The van der Waals surface area contributed by atoms with Crippen molar-refractivity contribution in [2.45, 2.75) is 26.8 Å². The number of halogens is 1. The number of carbonyl (C=O) groups is 1. The highest BCUT2D eigenvalue weighted by molar-refractivity contribution is 5.96. The highest BCUT2D eigenvalue weighted by Crippen LogP contribution is 2.31. The molecule has 0 N–H and O–H groups in total. The lowest BCUT2D eigenvalue weighted by Crippen LogP contribution is -2.45. The van der Waals surface area contributed by atoms with E-state index in [0.717, 1.165) is 55.9 Å². The van der Waals surface area contributed by atoms with Crippen LogP contribution in [0.15, 0.2) is 59.0 Å². The van der Waals surface area contributed by atoms with Gasteiger partial charge in [0.1, 0.15) is 11.3 Å². The molecule has 0 bridgehead atoms. The Morgan fingerprint density at radius 1 is 0.951 bits per heavy atom. The zero-order valence-electron chi connectivity index (χ0n) is 23.9. The summed E-state index contributed by atoms with van der Waals surface area (Å²) in [5, 5.41) is 0. The zero-order valence-corrected chi connectivity index (χ0v) is 23.9.